The molecule has 2 rings (SSSR count). The van der Waals surface area contributed by atoms with Crippen molar-refractivity contribution < 1.29 is 18.7 Å². The lowest BCUT2D eigenvalue weighted by Crippen LogP contribution is -2.34. The Bertz CT molecular complexity index is 646. The molecule has 3 atom stereocenters. The molecule has 4 nitrogen and oxygen atoms in total. The van der Waals surface area contributed by atoms with Crippen molar-refractivity contribution in [2.75, 3.05) is 0 Å². The summed E-state index contributed by atoms with van der Waals surface area (Å²) in [5.74, 6) is -0.543. The van der Waals surface area contributed by atoms with Gasteiger partial charge in [-0.2, -0.15) is 0 Å². The molecule has 0 fully saturated rings. The van der Waals surface area contributed by atoms with E-state index in [4.69, 9.17) is 15.2 Å². The molecule has 0 saturated heterocycles. The van der Waals surface area contributed by atoms with E-state index in [2.05, 4.69) is 0 Å². The Morgan fingerprint density at radius 1 is 1.09 bits per heavy atom. The normalized spacial score (nSPS) is 14.6. The molecule has 2 aromatic rings. The second-order valence-corrected chi connectivity index (χ2v) is 5.34. The van der Waals surface area contributed by atoms with Gasteiger partial charge in [-0.1, -0.05) is 36.4 Å². The summed E-state index contributed by atoms with van der Waals surface area (Å²) < 4.78 is 24.6. The number of halogens is 1. The van der Waals surface area contributed by atoms with E-state index in [1.54, 1.807) is 26.0 Å². The maximum atomic E-state index is 13.4. The molecule has 0 saturated carbocycles. The first-order chi connectivity index (χ1) is 11.0. The first-order valence-corrected chi connectivity index (χ1v) is 7.40. The molecule has 0 unspecified atom stereocenters. The average molecular weight is 317 g/mol. The van der Waals surface area contributed by atoms with Crippen molar-refractivity contribution >= 4 is 5.97 Å². The Balaban J connectivity index is 2.23. The van der Waals surface area contributed by atoms with Gasteiger partial charge in [0.2, 0.25) is 0 Å². The number of benzene rings is 2. The van der Waals surface area contributed by atoms with Crippen LogP contribution in [0.15, 0.2) is 54.6 Å². The molecule has 5 heteroatoms. The number of hydrogen-bond acceptors (Lipinski definition) is 4. The van der Waals surface area contributed by atoms with Gasteiger partial charge in [-0.05, 0) is 31.5 Å². The molecule has 0 bridgehead atoms. The molecule has 122 valence electrons. The number of hydrogen-bond donors (Lipinski definition) is 1. The third-order valence-electron chi connectivity index (χ3n) is 3.29. The fourth-order valence-corrected chi connectivity index (χ4v) is 2.12. The highest BCUT2D eigenvalue weighted by molar-refractivity contribution is 5.75. The lowest BCUT2D eigenvalue weighted by atomic mass is 10.0. The number of ether oxygens (including phenoxy) is 2. The molecule has 0 radical (unpaired) electrons. The molecule has 0 aliphatic carbocycles. The van der Waals surface area contributed by atoms with Gasteiger partial charge in [0.1, 0.15) is 23.7 Å². The standard InChI is InChI=1S/C18H20FNO3/c1-12(20)18(21)22-13(2)17(14-7-4-3-5-8-14)23-16-10-6-9-15(19)11-16/h3-13,17H,20H2,1-2H3/t12-,13-,17-/m0/s1. The maximum absolute atomic E-state index is 13.4. The number of nitrogens with two attached hydrogens (primary N) is 1. The van der Waals surface area contributed by atoms with Crippen LogP contribution in [-0.2, 0) is 9.53 Å². The molecular weight excluding hydrogens is 297 g/mol. The summed E-state index contributed by atoms with van der Waals surface area (Å²) in [6, 6.07) is 14.4. The molecule has 0 aromatic heterocycles. The van der Waals surface area contributed by atoms with Crippen molar-refractivity contribution in [1.29, 1.82) is 0 Å². The lowest BCUT2D eigenvalue weighted by Gasteiger charge is -2.26. The monoisotopic (exact) mass is 317 g/mol. The van der Waals surface area contributed by atoms with Crippen LogP contribution in [-0.4, -0.2) is 18.1 Å². The van der Waals surface area contributed by atoms with Crippen molar-refractivity contribution in [3.05, 3.63) is 66.0 Å². The highest BCUT2D eigenvalue weighted by atomic mass is 19.1. The summed E-state index contributed by atoms with van der Waals surface area (Å²) in [4.78, 5) is 11.7. The zero-order valence-electron chi connectivity index (χ0n) is 13.1. The van der Waals surface area contributed by atoms with E-state index in [1.807, 2.05) is 30.3 Å². The minimum Gasteiger partial charge on any atom is -0.482 e. The summed E-state index contributed by atoms with van der Waals surface area (Å²) in [6.45, 7) is 3.28. The van der Waals surface area contributed by atoms with Crippen molar-refractivity contribution in [3.63, 3.8) is 0 Å². The first-order valence-electron chi connectivity index (χ1n) is 7.40. The Kier molecular flexibility index (Phi) is 5.71. The van der Waals surface area contributed by atoms with Crippen LogP contribution in [0.3, 0.4) is 0 Å². The van der Waals surface area contributed by atoms with Crippen LogP contribution in [0.5, 0.6) is 5.75 Å². The highest BCUT2D eigenvalue weighted by Gasteiger charge is 2.26. The Labute approximate surface area is 135 Å². The fraction of sp³-hybridized carbons (Fsp3) is 0.278. The van der Waals surface area contributed by atoms with Crippen LogP contribution in [0.25, 0.3) is 0 Å². The van der Waals surface area contributed by atoms with Crippen LogP contribution >= 0.6 is 0 Å². The minimum absolute atomic E-state index is 0.363. The highest BCUT2D eigenvalue weighted by Crippen LogP contribution is 2.27. The smallest absolute Gasteiger partial charge is 0.323 e. The summed E-state index contributed by atoms with van der Waals surface area (Å²) >= 11 is 0. The van der Waals surface area contributed by atoms with E-state index in [1.165, 1.54) is 12.1 Å². The Morgan fingerprint density at radius 2 is 1.78 bits per heavy atom. The van der Waals surface area contributed by atoms with E-state index >= 15 is 0 Å². The van der Waals surface area contributed by atoms with Gasteiger partial charge in [0.05, 0.1) is 0 Å². The third-order valence-corrected chi connectivity index (χ3v) is 3.29. The summed E-state index contributed by atoms with van der Waals surface area (Å²) in [7, 11) is 0. The van der Waals surface area contributed by atoms with Gasteiger partial charge < -0.3 is 15.2 Å². The number of esters is 1. The summed E-state index contributed by atoms with van der Waals surface area (Å²) in [5, 5.41) is 0. The van der Waals surface area contributed by atoms with Gasteiger partial charge >= 0.3 is 5.97 Å². The van der Waals surface area contributed by atoms with Crippen LogP contribution in [0.4, 0.5) is 4.39 Å². The molecule has 0 heterocycles. The predicted molar refractivity (Wildman–Crippen MR) is 85.4 cm³/mol. The third kappa shape index (κ3) is 4.79. The second kappa shape index (κ2) is 7.74. The quantitative estimate of drug-likeness (QED) is 0.831. The predicted octanol–water partition coefficient (Wildman–Crippen LogP) is 3.22. The van der Waals surface area contributed by atoms with E-state index in [9.17, 15) is 9.18 Å². The van der Waals surface area contributed by atoms with E-state index in [0.29, 0.717) is 5.75 Å². The number of carbonyl (C=O) groups excluding carboxylic acids is 1. The van der Waals surface area contributed by atoms with Gasteiger partial charge in [0.25, 0.3) is 0 Å². The summed E-state index contributed by atoms with van der Waals surface area (Å²) in [6.07, 6.45) is -1.15. The molecule has 2 N–H and O–H groups in total. The van der Waals surface area contributed by atoms with E-state index in [0.717, 1.165) is 5.56 Å². The van der Waals surface area contributed by atoms with Gasteiger partial charge in [0, 0.05) is 6.07 Å². The van der Waals surface area contributed by atoms with Crippen molar-refractivity contribution in [1.82, 2.24) is 0 Å². The molecule has 0 aliphatic rings. The molecule has 0 amide bonds. The van der Waals surface area contributed by atoms with Gasteiger partial charge in [-0.25, -0.2) is 4.39 Å². The summed E-state index contributed by atoms with van der Waals surface area (Å²) in [5.41, 5.74) is 6.35. The van der Waals surface area contributed by atoms with E-state index < -0.39 is 30.0 Å². The van der Waals surface area contributed by atoms with Crippen LogP contribution < -0.4 is 10.5 Å². The topological polar surface area (TPSA) is 61.6 Å². The molecule has 2 aromatic carbocycles. The van der Waals surface area contributed by atoms with Crippen LogP contribution in [0.2, 0.25) is 0 Å². The molecule has 0 aliphatic heterocycles. The fourth-order valence-electron chi connectivity index (χ4n) is 2.12. The first kappa shape index (κ1) is 17.0. The van der Waals surface area contributed by atoms with E-state index in [-0.39, 0.29) is 0 Å². The van der Waals surface area contributed by atoms with Gasteiger partial charge in [-0.3, -0.25) is 4.79 Å². The minimum atomic E-state index is -0.719. The SMILES string of the molecule is C[C@H](N)C(=O)O[C@@H](C)[C@H](Oc1cccc(F)c1)c1ccccc1. The lowest BCUT2D eigenvalue weighted by molar-refractivity contribution is -0.154. The largest absolute Gasteiger partial charge is 0.482 e. The Morgan fingerprint density at radius 3 is 2.39 bits per heavy atom. The maximum Gasteiger partial charge on any atom is 0.323 e. The average Bonchev–Trinajstić information content (AvgIpc) is 2.53. The zero-order valence-corrected chi connectivity index (χ0v) is 13.1. The number of carbonyl (C=O) groups is 1. The number of rotatable bonds is 6. The van der Waals surface area contributed by atoms with Gasteiger partial charge in [-0.15, -0.1) is 0 Å². The molecule has 23 heavy (non-hydrogen) atoms. The molecule has 0 spiro atoms. The molecular formula is C18H20FNO3. The van der Waals surface area contributed by atoms with Crippen molar-refractivity contribution in [3.8, 4) is 5.75 Å². The van der Waals surface area contributed by atoms with Crippen molar-refractivity contribution in [2.45, 2.75) is 32.1 Å². The Hall–Kier alpha value is -2.40. The zero-order chi connectivity index (χ0) is 16.8. The van der Waals surface area contributed by atoms with Crippen LogP contribution in [0, 0.1) is 5.82 Å². The van der Waals surface area contributed by atoms with Crippen molar-refractivity contribution in [2.24, 2.45) is 5.73 Å². The van der Waals surface area contributed by atoms with Gasteiger partial charge in [0.15, 0.2) is 6.10 Å². The second-order valence-electron chi connectivity index (χ2n) is 5.34. The van der Waals surface area contributed by atoms with Crippen LogP contribution in [0.1, 0.15) is 25.5 Å².